The van der Waals surface area contributed by atoms with Crippen molar-refractivity contribution in [1.82, 2.24) is 5.32 Å². The summed E-state index contributed by atoms with van der Waals surface area (Å²) in [5.74, 6) is 0.809. The molecule has 1 amide bonds. The fourth-order valence-electron chi connectivity index (χ4n) is 1.56. The van der Waals surface area contributed by atoms with Crippen molar-refractivity contribution < 1.29 is 19.4 Å². The summed E-state index contributed by atoms with van der Waals surface area (Å²) in [7, 11) is 0. The molecule has 2 rings (SSSR count). The van der Waals surface area contributed by atoms with E-state index in [0.717, 1.165) is 5.56 Å². The Morgan fingerprint density at radius 1 is 1.58 bits per heavy atom. The molecule has 1 aliphatic heterocycles. The third-order valence-corrected chi connectivity index (χ3v) is 2.73. The lowest BCUT2D eigenvalue weighted by atomic mass is 10.2. The molecule has 1 unspecified atom stereocenters. The second-order valence-electron chi connectivity index (χ2n) is 4.16. The van der Waals surface area contributed by atoms with Crippen LogP contribution in [0.15, 0.2) is 18.2 Å². The molecule has 0 aromatic heterocycles. The Hall–Kier alpha value is -1.72. The Morgan fingerprint density at radius 2 is 2.37 bits per heavy atom. The van der Waals surface area contributed by atoms with Gasteiger partial charge in [0.15, 0.2) is 11.5 Å². The number of aliphatic hydroxyl groups is 1. The van der Waals surface area contributed by atoms with E-state index in [-0.39, 0.29) is 19.2 Å². The molecule has 19 heavy (non-hydrogen) atoms. The standard InChI is InChI=1S/C13H14ClNO4/c1-8(16)6-15-12(17)3-2-9-4-10(14)13-11(5-9)18-7-19-13/h2-5,8,16H,6-7H2,1H3,(H,15,17)/b3-2+. The van der Waals surface area contributed by atoms with Crippen LogP contribution in [0.1, 0.15) is 12.5 Å². The quantitative estimate of drug-likeness (QED) is 0.823. The molecule has 2 N–H and O–H groups in total. The van der Waals surface area contributed by atoms with Gasteiger partial charge in [-0.15, -0.1) is 0 Å². The largest absolute Gasteiger partial charge is 0.454 e. The smallest absolute Gasteiger partial charge is 0.244 e. The Bertz CT molecular complexity index is 514. The molecule has 0 saturated heterocycles. The van der Waals surface area contributed by atoms with Crippen molar-refractivity contribution in [3.8, 4) is 11.5 Å². The maximum Gasteiger partial charge on any atom is 0.244 e. The molecule has 1 atom stereocenters. The second-order valence-corrected chi connectivity index (χ2v) is 4.57. The average Bonchev–Trinajstić information content (AvgIpc) is 2.82. The Kier molecular flexibility index (Phi) is 4.29. The zero-order valence-electron chi connectivity index (χ0n) is 10.4. The Balaban J connectivity index is 2.03. The van der Waals surface area contributed by atoms with Gasteiger partial charge in [-0.25, -0.2) is 0 Å². The SMILES string of the molecule is CC(O)CNC(=O)/C=C/c1cc(Cl)c2c(c1)OCO2. The first-order valence-electron chi connectivity index (χ1n) is 5.79. The van der Waals surface area contributed by atoms with Crippen LogP contribution in [0.4, 0.5) is 0 Å². The number of fused-ring (bicyclic) bond motifs is 1. The van der Waals surface area contributed by atoms with Crippen LogP contribution in [-0.4, -0.2) is 30.5 Å². The first-order chi connectivity index (χ1) is 9.06. The van der Waals surface area contributed by atoms with Crippen LogP contribution >= 0.6 is 11.6 Å². The lowest BCUT2D eigenvalue weighted by molar-refractivity contribution is -0.116. The molecule has 0 saturated carbocycles. The molecule has 1 heterocycles. The number of halogens is 1. The zero-order valence-corrected chi connectivity index (χ0v) is 11.1. The minimum Gasteiger partial charge on any atom is -0.454 e. The first-order valence-corrected chi connectivity index (χ1v) is 6.17. The minimum absolute atomic E-state index is 0.150. The van der Waals surface area contributed by atoms with E-state index in [2.05, 4.69) is 5.32 Å². The molecule has 102 valence electrons. The number of benzene rings is 1. The Labute approximate surface area is 115 Å². The van der Waals surface area contributed by atoms with E-state index in [1.54, 1.807) is 25.1 Å². The summed E-state index contributed by atoms with van der Waals surface area (Å²) in [6, 6.07) is 3.43. The molecule has 1 aromatic carbocycles. The number of nitrogens with one attached hydrogen (secondary N) is 1. The molecule has 1 aromatic rings. The van der Waals surface area contributed by atoms with E-state index in [1.165, 1.54) is 6.08 Å². The number of ether oxygens (including phenoxy) is 2. The summed E-state index contributed by atoms with van der Waals surface area (Å²) in [6.45, 7) is 1.96. The van der Waals surface area contributed by atoms with Crippen LogP contribution in [0.25, 0.3) is 6.08 Å². The van der Waals surface area contributed by atoms with Crippen LogP contribution in [-0.2, 0) is 4.79 Å². The van der Waals surface area contributed by atoms with E-state index >= 15 is 0 Å². The van der Waals surface area contributed by atoms with Crippen molar-refractivity contribution in [2.75, 3.05) is 13.3 Å². The fourth-order valence-corrected chi connectivity index (χ4v) is 1.84. The van der Waals surface area contributed by atoms with Crippen LogP contribution in [0, 0.1) is 0 Å². The van der Waals surface area contributed by atoms with Gasteiger partial charge < -0.3 is 19.9 Å². The van der Waals surface area contributed by atoms with Crippen molar-refractivity contribution in [2.24, 2.45) is 0 Å². The van der Waals surface area contributed by atoms with Gasteiger partial charge in [0.05, 0.1) is 11.1 Å². The number of hydrogen-bond acceptors (Lipinski definition) is 4. The van der Waals surface area contributed by atoms with Crippen molar-refractivity contribution in [3.05, 3.63) is 28.8 Å². The van der Waals surface area contributed by atoms with E-state index in [4.69, 9.17) is 26.2 Å². The summed E-state index contributed by atoms with van der Waals surface area (Å²) in [5, 5.41) is 12.0. The monoisotopic (exact) mass is 283 g/mol. The molecule has 0 aliphatic carbocycles. The van der Waals surface area contributed by atoms with Gasteiger partial charge in [0.2, 0.25) is 12.7 Å². The van der Waals surface area contributed by atoms with Crippen LogP contribution in [0.3, 0.4) is 0 Å². The first kappa shape index (κ1) is 13.7. The van der Waals surface area contributed by atoms with Gasteiger partial charge in [-0.05, 0) is 30.7 Å². The summed E-state index contributed by atoms with van der Waals surface area (Å²) in [4.78, 5) is 11.4. The highest BCUT2D eigenvalue weighted by molar-refractivity contribution is 6.32. The van der Waals surface area contributed by atoms with E-state index in [1.807, 2.05) is 0 Å². The predicted molar refractivity (Wildman–Crippen MR) is 71.3 cm³/mol. The third kappa shape index (κ3) is 3.62. The van der Waals surface area contributed by atoms with Crippen molar-refractivity contribution >= 4 is 23.6 Å². The van der Waals surface area contributed by atoms with Gasteiger partial charge in [-0.3, -0.25) is 4.79 Å². The lowest BCUT2D eigenvalue weighted by Crippen LogP contribution is -2.28. The molecule has 0 spiro atoms. The summed E-state index contributed by atoms with van der Waals surface area (Å²) < 4.78 is 10.4. The average molecular weight is 284 g/mol. The fraction of sp³-hybridized carbons (Fsp3) is 0.308. The van der Waals surface area contributed by atoms with Crippen LogP contribution < -0.4 is 14.8 Å². The topological polar surface area (TPSA) is 67.8 Å². The van der Waals surface area contributed by atoms with E-state index in [9.17, 15) is 4.79 Å². The molecule has 0 radical (unpaired) electrons. The third-order valence-electron chi connectivity index (χ3n) is 2.45. The molecular weight excluding hydrogens is 270 g/mol. The Morgan fingerprint density at radius 3 is 3.11 bits per heavy atom. The molecule has 5 nitrogen and oxygen atoms in total. The predicted octanol–water partition coefficient (Wildman–Crippen LogP) is 1.58. The summed E-state index contributed by atoms with van der Waals surface area (Å²) in [5.41, 5.74) is 0.737. The summed E-state index contributed by atoms with van der Waals surface area (Å²) >= 11 is 6.02. The van der Waals surface area contributed by atoms with Gasteiger partial charge in [-0.2, -0.15) is 0 Å². The number of hydrogen-bond donors (Lipinski definition) is 2. The van der Waals surface area contributed by atoms with Crippen molar-refractivity contribution in [3.63, 3.8) is 0 Å². The van der Waals surface area contributed by atoms with Gasteiger partial charge in [0.1, 0.15) is 0 Å². The maximum atomic E-state index is 11.4. The number of carbonyl (C=O) groups excluding carboxylic acids is 1. The summed E-state index contributed by atoms with van der Waals surface area (Å²) in [6.07, 6.45) is 2.42. The number of amides is 1. The van der Waals surface area contributed by atoms with Gasteiger partial charge in [0, 0.05) is 12.6 Å². The molecule has 6 heteroatoms. The molecule has 1 aliphatic rings. The van der Waals surface area contributed by atoms with Gasteiger partial charge in [-0.1, -0.05) is 11.6 Å². The zero-order chi connectivity index (χ0) is 13.8. The number of aliphatic hydroxyl groups excluding tert-OH is 1. The highest BCUT2D eigenvalue weighted by Gasteiger charge is 2.17. The number of carbonyl (C=O) groups is 1. The molecular formula is C13H14ClNO4. The minimum atomic E-state index is -0.572. The highest BCUT2D eigenvalue weighted by atomic mass is 35.5. The van der Waals surface area contributed by atoms with E-state index < -0.39 is 6.10 Å². The number of rotatable bonds is 4. The van der Waals surface area contributed by atoms with Crippen molar-refractivity contribution in [1.29, 1.82) is 0 Å². The van der Waals surface area contributed by atoms with E-state index in [0.29, 0.717) is 16.5 Å². The van der Waals surface area contributed by atoms with Gasteiger partial charge >= 0.3 is 0 Å². The van der Waals surface area contributed by atoms with Crippen LogP contribution in [0.5, 0.6) is 11.5 Å². The second kappa shape index (κ2) is 5.95. The normalized spacial score (nSPS) is 14.7. The molecule has 0 fully saturated rings. The van der Waals surface area contributed by atoms with Gasteiger partial charge in [0.25, 0.3) is 0 Å². The lowest BCUT2D eigenvalue weighted by Gasteiger charge is -2.04. The highest BCUT2D eigenvalue weighted by Crippen LogP contribution is 2.39. The molecule has 0 bridgehead atoms. The van der Waals surface area contributed by atoms with Crippen molar-refractivity contribution in [2.45, 2.75) is 13.0 Å². The maximum absolute atomic E-state index is 11.4. The van der Waals surface area contributed by atoms with Crippen LogP contribution in [0.2, 0.25) is 5.02 Å².